The summed E-state index contributed by atoms with van der Waals surface area (Å²) >= 11 is 0. The first-order valence-corrected chi connectivity index (χ1v) is 8.07. The number of anilines is 1. The van der Waals surface area contributed by atoms with E-state index in [0.29, 0.717) is 18.7 Å². The van der Waals surface area contributed by atoms with E-state index in [4.69, 9.17) is 0 Å². The quantitative estimate of drug-likeness (QED) is 0.665. The maximum absolute atomic E-state index is 12.8. The van der Waals surface area contributed by atoms with Gasteiger partial charge in [-0.1, -0.05) is 0 Å². The summed E-state index contributed by atoms with van der Waals surface area (Å²) in [6, 6.07) is 4.59. The number of hydrogen-bond donors (Lipinski definition) is 3. The molecule has 2 rings (SSSR count). The predicted octanol–water partition coefficient (Wildman–Crippen LogP) is 1.95. The Labute approximate surface area is 147 Å². The Morgan fingerprint density at radius 3 is 2.50 bits per heavy atom. The van der Waals surface area contributed by atoms with Gasteiger partial charge in [0.1, 0.15) is 5.82 Å². The number of carbonyl (C=O) groups excluding carboxylic acids is 2. The van der Waals surface area contributed by atoms with E-state index in [-0.39, 0.29) is 25.6 Å². The van der Waals surface area contributed by atoms with Gasteiger partial charge in [0.25, 0.3) is 0 Å². The first-order valence-electron chi connectivity index (χ1n) is 8.07. The Hall–Kier alpha value is -2.36. The van der Waals surface area contributed by atoms with Crippen LogP contribution in [0.25, 0.3) is 0 Å². The standard InChI is InChI=1S/C16H20F4N4O2/c17-12-1-3-13(4-2-12)23-14(25)8-22-15(26)21-7-11-5-6-24(9-11)10-16(18,19)20/h1-4,11H,5-10H2,(H,23,25)(H2,21,22,26)/t11-/m1/s1. The molecule has 0 saturated carbocycles. The van der Waals surface area contributed by atoms with Crippen LogP contribution >= 0.6 is 0 Å². The maximum atomic E-state index is 12.8. The summed E-state index contributed by atoms with van der Waals surface area (Å²) in [6.07, 6.45) is -3.65. The van der Waals surface area contributed by atoms with E-state index in [0.717, 1.165) is 0 Å². The van der Waals surface area contributed by atoms with Crippen molar-refractivity contribution < 1.29 is 27.2 Å². The molecule has 6 nitrogen and oxygen atoms in total. The highest BCUT2D eigenvalue weighted by molar-refractivity contribution is 5.94. The molecule has 1 fully saturated rings. The average molecular weight is 376 g/mol. The van der Waals surface area contributed by atoms with Crippen molar-refractivity contribution in [2.24, 2.45) is 5.92 Å². The van der Waals surface area contributed by atoms with Crippen molar-refractivity contribution in [1.82, 2.24) is 15.5 Å². The second-order valence-electron chi connectivity index (χ2n) is 6.12. The summed E-state index contributed by atoms with van der Waals surface area (Å²) in [7, 11) is 0. The van der Waals surface area contributed by atoms with Crippen molar-refractivity contribution in [2.75, 3.05) is 38.0 Å². The van der Waals surface area contributed by atoms with Gasteiger partial charge in [-0.15, -0.1) is 0 Å². The zero-order valence-corrected chi connectivity index (χ0v) is 13.9. The second kappa shape index (κ2) is 8.84. The van der Waals surface area contributed by atoms with E-state index in [2.05, 4.69) is 16.0 Å². The number of rotatable bonds is 6. The Bertz CT molecular complexity index is 622. The molecule has 1 aliphatic rings. The van der Waals surface area contributed by atoms with Crippen LogP contribution < -0.4 is 16.0 Å². The van der Waals surface area contributed by atoms with Crippen LogP contribution in [0.3, 0.4) is 0 Å². The van der Waals surface area contributed by atoms with Crippen molar-refractivity contribution in [3.8, 4) is 0 Å². The van der Waals surface area contributed by atoms with Crippen LogP contribution in [0.2, 0.25) is 0 Å². The normalized spacial score (nSPS) is 17.8. The van der Waals surface area contributed by atoms with E-state index in [1.165, 1.54) is 29.2 Å². The van der Waals surface area contributed by atoms with E-state index in [1.807, 2.05) is 0 Å². The number of alkyl halides is 3. The van der Waals surface area contributed by atoms with Crippen LogP contribution in [-0.4, -0.2) is 55.7 Å². The minimum atomic E-state index is -4.22. The van der Waals surface area contributed by atoms with Crippen LogP contribution in [-0.2, 0) is 4.79 Å². The van der Waals surface area contributed by atoms with Gasteiger partial charge in [0.2, 0.25) is 5.91 Å². The number of carbonyl (C=O) groups is 2. The van der Waals surface area contributed by atoms with Crippen LogP contribution in [0.5, 0.6) is 0 Å². The molecule has 1 aromatic rings. The molecule has 0 bridgehead atoms. The van der Waals surface area contributed by atoms with Crippen LogP contribution in [0.1, 0.15) is 6.42 Å². The molecule has 1 heterocycles. The first-order chi connectivity index (χ1) is 12.2. The number of urea groups is 1. The molecule has 26 heavy (non-hydrogen) atoms. The number of halogens is 4. The molecule has 0 unspecified atom stereocenters. The third kappa shape index (κ3) is 7.26. The predicted molar refractivity (Wildman–Crippen MR) is 87.0 cm³/mol. The topological polar surface area (TPSA) is 73.5 Å². The molecule has 1 aromatic carbocycles. The first kappa shape index (κ1) is 20.0. The summed E-state index contributed by atoms with van der Waals surface area (Å²) < 4.78 is 49.7. The van der Waals surface area contributed by atoms with Gasteiger partial charge in [-0.2, -0.15) is 13.2 Å². The lowest BCUT2D eigenvalue weighted by Gasteiger charge is -2.18. The number of likely N-dealkylation sites (tertiary alicyclic amines) is 1. The van der Waals surface area contributed by atoms with Crippen LogP contribution in [0.15, 0.2) is 24.3 Å². The molecule has 0 aromatic heterocycles. The molecule has 1 saturated heterocycles. The van der Waals surface area contributed by atoms with Gasteiger partial charge in [0, 0.05) is 18.8 Å². The van der Waals surface area contributed by atoms with Crippen molar-refractivity contribution in [1.29, 1.82) is 0 Å². The van der Waals surface area contributed by atoms with Gasteiger partial charge >= 0.3 is 12.2 Å². The minimum Gasteiger partial charge on any atom is -0.338 e. The van der Waals surface area contributed by atoms with Gasteiger partial charge in [-0.25, -0.2) is 9.18 Å². The fraction of sp³-hybridized carbons (Fsp3) is 0.500. The van der Waals surface area contributed by atoms with E-state index in [9.17, 15) is 27.2 Å². The highest BCUT2D eigenvalue weighted by Crippen LogP contribution is 2.22. The molecule has 3 N–H and O–H groups in total. The Morgan fingerprint density at radius 2 is 1.85 bits per heavy atom. The zero-order chi connectivity index (χ0) is 19.2. The van der Waals surface area contributed by atoms with Crippen LogP contribution in [0.4, 0.5) is 28.0 Å². The Balaban J connectivity index is 1.62. The molecule has 1 atom stereocenters. The lowest BCUT2D eigenvalue weighted by atomic mass is 10.1. The monoisotopic (exact) mass is 376 g/mol. The van der Waals surface area contributed by atoms with E-state index >= 15 is 0 Å². The largest absolute Gasteiger partial charge is 0.401 e. The second-order valence-corrected chi connectivity index (χ2v) is 6.12. The number of benzene rings is 1. The minimum absolute atomic E-state index is 0.0591. The highest BCUT2D eigenvalue weighted by Gasteiger charge is 2.34. The fourth-order valence-corrected chi connectivity index (χ4v) is 2.68. The molecule has 3 amide bonds. The summed E-state index contributed by atoms with van der Waals surface area (Å²) in [5.74, 6) is -0.971. The highest BCUT2D eigenvalue weighted by atomic mass is 19.4. The van der Waals surface area contributed by atoms with E-state index < -0.39 is 30.5 Å². The van der Waals surface area contributed by atoms with Gasteiger partial charge in [-0.05, 0) is 43.1 Å². The molecule has 0 radical (unpaired) electrons. The molecule has 144 valence electrons. The Kier molecular flexibility index (Phi) is 6.78. The van der Waals surface area contributed by atoms with Gasteiger partial charge in [0.15, 0.2) is 0 Å². The van der Waals surface area contributed by atoms with Crippen molar-refractivity contribution in [3.05, 3.63) is 30.1 Å². The molecule has 10 heteroatoms. The van der Waals surface area contributed by atoms with Gasteiger partial charge in [0.05, 0.1) is 13.1 Å². The van der Waals surface area contributed by atoms with Crippen molar-refractivity contribution >= 4 is 17.6 Å². The van der Waals surface area contributed by atoms with Gasteiger partial charge in [-0.3, -0.25) is 9.69 Å². The third-order valence-electron chi connectivity index (χ3n) is 3.86. The lowest BCUT2D eigenvalue weighted by Crippen LogP contribution is -2.42. The summed E-state index contributed by atoms with van der Waals surface area (Å²) in [6.45, 7) is -0.383. The summed E-state index contributed by atoms with van der Waals surface area (Å²) in [4.78, 5) is 24.6. The fourth-order valence-electron chi connectivity index (χ4n) is 2.68. The lowest BCUT2D eigenvalue weighted by molar-refractivity contribution is -0.143. The molecule has 0 aliphatic carbocycles. The summed E-state index contributed by atoms with van der Waals surface area (Å²) in [5.41, 5.74) is 0.398. The number of amides is 3. The molecular formula is C16H20F4N4O2. The SMILES string of the molecule is O=C(CNC(=O)NC[C@H]1CCN(CC(F)(F)F)C1)Nc1ccc(F)cc1. The number of nitrogens with one attached hydrogen (secondary N) is 3. The average Bonchev–Trinajstić information content (AvgIpc) is 2.98. The molecule has 1 aliphatic heterocycles. The molecular weight excluding hydrogens is 356 g/mol. The Morgan fingerprint density at radius 1 is 1.15 bits per heavy atom. The third-order valence-corrected chi connectivity index (χ3v) is 3.86. The maximum Gasteiger partial charge on any atom is 0.401 e. The number of nitrogens with zero attached hydrogens (tertiary/aromatic N) is 1. The zero-order valence-electron chi connectivity index (χ0n) is 13.9. The summed E-state index contributed by atoms with van der Waals surface area (Å²) in [5, 5.41) is 7.39. The van der Waals surface area contributed by atoms with Crippen molar-refractivity contribution in [3.63, 3.8) is 0 Å². The van der Waals surface area contributed by atoms with Gasteiger partial charge < -0.3 is 16.0 Å². The van der Waals surface area contributed by atoms with E-state index in [1.54, 1.807) is 0 Å². The van der Waals surface area contributed by atoms with Crippen molar-refractivity contribution in [2.45, 2.75) is 12.6 Å². The smallest absolute Gasteiger partial charge is 0.338 e. The van der Waals surface area contributed by atoms with Crippen LogP contribution in [0, 0.1) is 11.7 Å². The number of hydrogen-bond acceptors (Lipinski definition) is 3. The molecule has 0 spiro atoms.